The zero-order valence-corrected chi connectivity index (χ0v) is 9.79. The molecule has 0 aliphatic rings. The molecular formula is C14H21N. The van der Waals surface area contributed by atoms with Crippen LogP contribution >= 0.6 is 0 Å². The molecule has 0 bridgehead atoms. The third-order valence-corrected chi connectivity index (χ3v) is 2.67. The van der Waals surface area contributed by atoms with E-state index >= 15 is 0 Å². The lowest BCUT2D eigenvalue weighted by Gasteiger charge is -2.06. The fourth-order valence-corrected chi connectivity index (χ4v) is 1.68. The molecule has 0 spiro atoms. The van der Waals surface area contributed by atoms with E-state index in [9.17, 15) is 0 Å². The minimum absolute atomic E-state index is 0.733. The summed E-state index contributed by atoms with van der Waals surface area (Å²) in [4.78, 5) is 0. The minimum atomic E-state index is 0.733. The zero-order chi connectivity index (χ0) is 11.1. The molecular weight excluding hydrogens is 182 g/mol. The van der Waals surface area contributed by atoms with Gasteiger partial charge in [0.2, 0.25) is 0 Å². The van der Waals surface area contributed by atoms with Crippen LogP contribution in [-0.4, -0.2) is 6.54 Å². The van der Waals surface area contributed by atoms with Crippen LogP contribution in [0.4, 0.5) is 0 Å². The quantitative estimate of drug-likeness (QED) is 0.780. The predicted octanol–water partition coefficient (Wildman–Crippen LogP) is 3.39. The van der Waals surface area contributed by atoms with Crippen molar-refractivity contribution in [3.05, 3.63) is 41.5 Å². The summed E-state index contributed by atoms with van der Waals surface area (Å²) in [6.45, 7) is 5.10. The Labute approximate surface area is 93.0 Å². The maximum atomic E-state index is 5.51. The molecule has 0 heterocycles. The van der Waals surface area contributed by atoms with Gasteiger partial charge in [0.25, 0.3) is 0 Å². The van der Waals surface area contributed by atoms with E-state index in [1.165, 1.54) is 16.7 Å². The maximum absolute atomic E-state index is 5.51. The first-order chi connectivity index (χ1) is 7.31. The Balaban J connectivity index is 2.83. The standard InChI is InChI=1S/C14H21N/c1-3-12-7-9-14(10-8-12)13(4-2)6-5-11-15/h6-10H,3-5,11,15H2,1-2H3. The summed E-state index contributed by atoms with van der Waals surface area (Å²) in [7, 11) is 0. The van der Waals surface area contributed by atoms with Gasteiger partial charge in [0, 0.05) is 0 Å². The third kappa shape index (κ3) is 3.52. The van der Waals surface area contributed by atoms with Crippen molar-refractivity contribution in [2.75, 3.05) is 6.54 Å². The van der Waals surface area contributed by atoms with Gasteiger partial charge in [0.05, 0.1) is 0 Å². The number of nitrogens with two attached hydrogens (primary N) is 1. The van der Waals surface area contributed by atoms with E-state index in [2.05, 4.69) is 44.2 Å². The van der Waals surface area contributed by atoms with E-state index in [4.69, 9.17) is 5.73 Å². The van der Waals surface area contributed by atoms with Crippen LogP contribution in [0.5, 0.6) is 0 Å². The van der Waals surface area contributed by atoms with Crippen LogP contribution in [-0.2, 0) is 6.42 Å². The zero-order valence-electron chi connectivity index (χ0n) is 9.79. The van der Waals surface area contributed by atoms with Crippen molar-refractivity contribution in [3.63, 3.8) is 0 Å². The molecule has 0 unspecified atom stereocenters. The fraction of sp³-hybridized carbons (Fsp3) is 0.429. The summed E-state index contributed by atoms with van der Waals surface area (Å²) in [6, 6.07) is 8.85. The third-order valence-electron chi connectivity index (χ3n) is 2.67. The molecule has 0 aliphatic heterocycles. The van der Waals surface area contributed by atoms with E-state index in [1.807, 2.05) is 0 Å². The molecule has 1 nitrogen and oxygen atoms in total. The minimum Gasteiger partial charge on any atom is -0.330 e. The van der Waals surface area contributed by atoms with Crippen molar-refractivity contribution >= 4 is 5.57 Å². The highest BCUT2D eigenvalue weighted by Crippen LogP contribution is 2.19. The summed E-state index contributed by atoms with van der Waals surface area (Å²) in [5.41, 5.74) is 9.65. The van der Waals surface area contributed by atoms with Crippen molar-refractivity contribution in [2.45, 2.75) is 33.1 Å². The topological polar surface area (TPSA) is 26.0 Å². The summed E-state index contributed by atoms with van der Waals surface area (Å²) in [5.74, 6) is 0. The molecule has 1 aromatic rings. The molecule has 2 N–H and O–H groups in total. The Morgan fingerprint density at radius 1 is 1.20 bits per heavy atom. The Hall–Kier alpha value is -1.08. The van der Waals surface area contributed by atoms with Gasteiger partial charge < -0.3 is 5.73 Å². The summed E-state index contributed by atoms with van der Waals surface area (Å²) >= 11 is 0. The second-order valence-electron chi connectivity index (χ2n) is 3.71. The maximum Gasteiger partial charge on any atom is -0.00424 e. The van der Waals surface area contributed by atoms with Crippen molar-refractivity contribution in [2.24, 2.45) is 5.73 Å². The van der Waals surface area contributed by atoms with Crippen molar-refractivity contribution in [1.29, 1.82) is 0 Å². The fourth-order valence-electron chi connectivity index (χ4n) is 1.68. The van der Waals surface area contributed by atoms with Crippen LogP contribution in [0, 0.1) is 0 Å². The van der Waals surface area contributed by atoms with Gasteiger partial charge in [-0.25, -0.2) is 0 Å². The molecule has 0 radical (unpaired) electrons. The first kappa shape index (κ1) is 12.0. The first-order valence-corrected chi connectivity index (χ1v) is 5.80. The first-order valence-electron chi connectivity index (χ1n) is 5.80. The lowest BCUT2D eigenvalue weighted by molar-refractivity contribution is 1.00. The molecule has 0 amide bonds. The molecule has 0 atom stereocenters. The van der Waals surface area contributed by atoms with Crippen LogP contribution in [0.3, 0.4) is 0 Å². The number of benzene rings is 1. The Morgan fingerprint density at radius 3 is 2.33 bits per heavy atom. The monoisotopic (exact) mass is 203 g/mol. The van der Waals surface area contributed by atoms with Gasteiger partial charge in [-0.05, 0) is 42.5 Å². The average Bonchev–Trinajstić information content (AvgIpc) is 2.31. The second kappa shape index (κ2) is 6.41. The Morgan fingerprint density at radius 2 is 1.87 bits per heavy atom. The molecule has 1 aromatic carbocycles. The molecule has 0 aliphatic carbocycles. The van der Waals surface area contributed by atoms with Gasteiger partial charge in [-0.3, -0.25) is 0 Å². The van der Waals surface area contributed by atoms with Crippen molar-refractivity contribution < 1.29 is 0 Å². The van der Waals surface area contributed by atoms with Crippen LogP contribution < -0.4 is 5.73 Å². The average molecular weight is 203 g/mol. The predicted molar refractivity (Wildman–Crippen MR) is 67.8 cm³/mol. The van der Waals surface area contributed by atoms with E-state index in [1.54, 1.807) is 0 Å². The van der Waals surface area contributed by atoms with Gasteiger partial charge in [-0.15, -0.1) is 0 Å². The van der Waals surface area contributed by atoms with Crippen LogP contribution in [0.15, 0.2) is 30.3 Å². The van der Waals surface area contributed by atoms with Crippen molar-refractivity contribution in [1.82, 2.24) is 0 Å². The molecule has 0 aromatic heterocycles. The number of hydrogen-bond donors (Lipinski definition) is 1. The number of allylic oxidation sites excluding steroid dienone is 1. The van der Waals surface area contributed by atoms with Crippen molar-refractivity contribution in [3.8, 4) is 0 Å². The number of rotatable bonds is 5. The summed E-state index contributed by atoms with van der Waals surface area (Å²) in [5, 5.41) is 0. The molecule has 0 fully saturated rings. The highest BCUT2D eigenvalue weighted by Gasteiger charge is 1.98. The molecule has 15 heavy (non-hydrogen) atoms. The van der Waals surface area contributed by atoms with E-state index in [-0.39, 0.29) is 0 Å². The van der Waals surface area contributed by atoms with E-state index in [0.29, 0.717) is 0 Å². The van der Waals surface area contributed by atoms with Crippen LogP contribution in [0.25, 0.3) is 5.57 Å². The molecule has 82 valence electrons. The second-order valence-corrected chi connectivity index (χ2v) is 3.71. The highest BCUT2D eigenvalue weighted by atomic mass is 14.5. The molecule has 1 rings (SSSR count). The van der Waals surface area contributed by atoms with Gasteiger partial charge in [-0.1, -0.05) is 44.2 Å². The van der Waals surface area contributed by atoms with Gasteiger partial charge in [0.1, 0.15) is 0 Å². The summed E-state index contributed by atoms with van der Waals surface area (Å²) < 4.78 is 0. The molecule has 0 saturated carbocycles. The van der Waals surface area contributed by atoms with Crippen LogP contribution in [0.2, 0.25) is 0 Å². The largest absolute Gasteiger partial charge is 0.330 e. The Kier molecular flexibility index (Phi) is 5.13. The number of hydrogen-bond acceptors (Lipinski definition) is 1. The van der Waals surface area contributed by atoms with E-state index in [0.717, 1.165) is 25.8 Å². The highest BCUT2D eigenvalue weighted by molar-refractivity contribution is 5.65. The van der Waals surface area contributed by atoms with Gasteiger partial charge >= 0.3 is 0 Å². The summed E-state index contributed by atoms with van der Waals surface area (Å²) in [6.07, 6.45) is 5.40. The molecule has 1 heteroatoms. The van der Waals surface area contributed by atoms with E-state index < -0.39 is 0 Å². The Bertz CT molecular complexity index is 309. The smallest absolute Gasteiger partial charge is 0.00424 e. The normalized spacial score (nSPS) is 11.8. The van der Waals surface area contributed by atoms with Gasteiger partial charge in [-0.2, -0.15) is 0 Å². The lowest BCUT2D eigenvalue weighted by atomic mass is 10.0. The van der Waals surface area contributed by atoms with Crippen LogP contribution in [0.1, 0.15) is 37.8 Å². The molecule has 0 saturated heterocycles. The lowest BCUT2D eigenvalue weighted by Crippen LogP contribution is -1.96. The van der Waals surface area contributed by atoms with Gasteiger partial charge in [0.15, 0.2) is 0 Å². The SMILES string of the molecule is CCC(=CCCN)c1ccc(CC)cc1. The number of aryl methyl sites for hydroxylation is 1.